The summed E-state index contributed by atoms with van der Waals surface area (Å²) in [5, 5.41) is 20.9. The number of rotatable bonds is 6. The van der Waals surface area contributed by atoms with E-state index in [4.69, 9.17) is 21.1 Å². The van der Waals surface area contributed by atoms with E-state index in [9.17, 15) is 14.7 Å². The smallest absolute Gasteiger partial charge is 0.301 e. The van der Waals surface area contributed by atoms with Crippen LogP contribution >= 0.6 is 34.7 Å². The fourth-order valence-corrected chi connectivity index (χ4v) is 6.71. The number of halogens is 1. The molecule has 2 aliphatic heterocycles. The number of Topliss-reactive ketones (excluding diaryl/α,β-unsaturated/α-hetero) is 1. The average Bonchev–Trinajstić information content (AvgIpc) is 3.54. The summed E-state index contributed by atoms with van der Waals surface area (Å²) >= 11 is 8.92. The molecule has 11 heteroatoms. The van der Waals surface area contributed by atoms with Gasteiger partial charge in [-0.2, -0.15) is 0 Å². The lowest BCUT2D eigenvalue weighted by atomic mass is 9.94. The summed E-state index contributed by atoms with van der Waals surface area (Å²) in [5.41, 5.74) is 2.93. The van der Waals surface area contributed by atoms with Gasteiger partial charge in [0.2, 0.25) is 5.13 Å². The third-order valence-corrected chi connectivity index (χ3v) is 9.04. The Kier molecular flexibility index (Phi) is 7.22. The van der Waals surface area contributed by atoms with Gasteiger partial charge in [-0.3, -0.25) is 14.5 Å². The first-order chi connectivity index (χ1) is 19.4. The van der Waals surface area contributed by atoms with Crippen LogP contribution in [-0.2, 0) is 15.3 Å². The van der Waals surface area contributed by atoms with E-state index in [1.54, 1.807) is 18.2 Å². The molecule has 0 spiro atoms. The second-order valence-electron chi connectivity index (χ2n) is 9.17. The number of aliphatic hydroxyl groups is 1. The van der Waals surface area contributed by atoms with Crippen LogP contribution in [0.15, 0.2) is 76.6 Å². The molecular weight excluding hydrogens is 570 g/mol. The standard InChI is InChI=1S/C29H22ClN3O5S2/c1-16-6-8-17(9-7-16)24-23(25(34)18-10-11-21-22(14-18)38-13-12-37-21)26(35)27(36)33(24)28-31-32-29(40-28)39-15-19-4-2-3-5-20(19)30/h2-11,14,24,34H,12-13,15H2,1H3/b25-23+. The molecular formula is C29H22ClN3O5S2. The zero-order valence-electron chi connectivity index (χ0n) is 21.2. The number of aliphatic hydroxyl groups excluding tert-OH is 1. The molecule has 40 heavy (non-hydrogen) atoms. The largest absolute Gasteiger partial charge is 0.507 e. The normalized spacial score (nSPS) is 17.9. The van der Waals surface area contributed by atoms with E-state index in [1.165, 1.54) is 28.0 Å². The molecule has 0 radical (unpaired) electrons. The van der Waals surface area contributed by atoms with E-state index in [-0.39, 0.29) is 16.5 Å². The molecule has 1 atom stereocenters. The van der Waals surface area contributed by atoms with Gasteiger partial charge in [0, 0.05) is 16.3 Å². The fourth-order valence-electron chi connectivity index (χ4n) is 4.55. The quantitative estimate of drug-likeness (QED) is 0.0931. The van der Waals surface area contributed by atoms with Gasteiger partial charge in [0.25, 0.3) is 5.78 Å². The predicted octanol–water partition coefficient (Wildman–Crippen LogP) is 6.19. The van der Waals surface area contributed by atoms with Crippen LogP contribution in [-0.4, -0.2) is 40.2 Å². The average molecular weight is 592 g/mol. The predicted molar refractivity (Wildman–Crippen MR) is 154 cm³/mol. The maximum atomic E-state index is 13.5. The molecule has 3 heterocycles. The van der Waals surface area contributed by atoms with Crippen molar-refractivity contribution in [3.8, 4) is 11.5 Å². The van der Waals surface area contributed by atoms with Gasteiger partial charge in [-0.1, -0.05) is 82.7 Å². The molecule has 1 N–H and O–H groups in total. The number of aryl methyl sites for hydroxylation is 1. The Morgan fingerprint density at radius 3 is 2.58 bits per heavy atom. The fraction of sp³-hybridized carbons (Fsp3) is 0.172. The Bertz CT molecular complexity index is 1650. The van der Waals surface area contributed by atoms with Crippen LogP contribution in [0.2, 0.25) is 5.02 Å². The number of ether oxygens (including phenoxy) is 2. The first kappa shape index (κ1) is 26.4. The first-order valence-electron chi connectivity index (χ1n) is 12.4. The number of hydrogen-bond acceptors (Lipinski definition) is 9. The zero-order valence-corrected chi connectivity index (χ0v) is 23.6. The van der Waals surface area contributed by atoms with Crippen LogP contribution in [0.25, 0.3) is 5.76 Å². The van der Waals surface area contributed by atoms with Crippen LogP contribution in [0, 0.1) is 6.92 Å². The van der Waals surface area contributed by atoms with E-state index in [0.717, 1.165) is 11.1 Å². The van der Waals surface area contributed by atoms with Gasteiger partial charge < -0.3 is 14.6 Å². The van der Waals surface area contributed by atoms with Crippen LogP contribution in [0.1, 0.15) is 28.3 Å². The summed E-state index contributed by atoms with van der Waals surface area (Å²) in [5.74, 6) is -0.323. The van der Waals surface area contributed by atoms with E-state index >= 15 is 0 Å². The molecule has 1 aromatic heterocycles. The van der Waals surface area contributed by atoms with Crippen molar-refractivity contribution in [1.29, 1.82) is 0 Å². The summed E-state index contributed by atoms with van der Waals surface area (Å²) in [6, 6.07) is 19.0. The SMILES string of the molecule is Cc1ccc(C2/C(=C(\O)c3ccc4c(c3)OCCO4)C(=O)C(=O)N2c2nnc(SCc3ccccc3Cl)s2)cc1. The summed E-state index contributed by atoms with van der Waals surface area (Å²) in [4.78, 5) is 28.3. The Morgan fingerprint density at radius 2 is 1.80 bits per heavy atom. The van der Waals surface area contributed by atoms with E-state index in [0.29, 0.717) is 51.0 Å². The molecule has 1 unspecified atom stereocenters. The van der Waals surface area contributed by atoms with Gasteiger partial charge >= 0.3 is 5.91 Å². The van der Waals surface area contributed by atoms with E-state index in [1.807, 2.05) is 55.5 Å². The second-order valence-corrected chi connectivity index (χ2v) is 11.8. The van der Waals surface area contributed by atoms with Gasteiger partial charge in [-0.15, -0.1) is 10.2 Å². The van der Waals surface area contributed by atoms with E-state index in [2.05, 4.69) is 10.2 Å². The Morgan fingerprint density at radius 1 is 1.05 bits per heavy atom. The van der Waals surface area contributed by atoms with Crippen LogP contribution in [0.3, 0.4) is 0 Å². The van der Waals surface area contributed by atoms with Crippen LogP contribution in [0.5, 0.6) is 11.5 Å². The molecule has 0 bridgehead atoms. The minimum Gasteiger partial charge on any atom is -0.507 e. The van der Waals surface area contributed by atoms with Gasteiger partial charge in [0.05, 0.1) is 11.6 Å². The highest BCUT2D eigenvalue weighted by Gasteiger charge is 2.48. The highest BCUT2D eigenvalue weighted by molar-refractivity contribution is 8.00. The number of ketones is 1. The van der Waals surface area contributed by atoms with Crippen LogP contribution in [0.4, 0.5) is 5.13 Å². The van der Waals surface area contributed by atoms with Gasteiger partial charge in [0.15, 0.2) is 15.8 Å². The molecule has 8 nitrogen and oxygen atoms in total. The van der Waals surface area contributed by atoms with Gasteiger partial charge in [-0.05, 0) is 42.3 Å². The van der Waals surface area contributed by atoms with Crippen molar-refractivity contribution < 1.29 is 24.2 Å². The van der Waals surface area contributed by atoms with Gasteiger partial charge in [0.1, 0.15) is 19.0 Å². The minimum atomic E-state index is -0.900. The third kappa shape index (κ3) is 4.94. The lowest BCUT2D eigenvalue weighted by molar-refractivity contribution is -0.132. The molecule has 6 rings (SSSR count). The van der Waals surface area contributed by atoms with Crippen molar-refractivity contribution in [1.82, 2.24) is 10.2 Å². The van der Waals surface area contributed by atoms with Crippen molar-refractivity contribution in [3.05, 3.63) is 99.6 Å². The number of hydrogen-bond donors (Lipinski definition) is 1. The summed E-state index contributed by atoms with van der Waals surface area (Å²) < 4.78 is 11.9. The van der Waals surface area contributed by atoms with Gasteiger partial charge in [-0.25, -0.2) is 0 Å². The molecule has 202 valence electrons. The third-order valence-electron chi connectivity index (χ3n) is 6.56. The number of amides is 1. The van der Waals surface area contributed by atoms with Crippen molar-refractivity contribution in [2.45, 2.75) is 23.1 Å². The topological polar surface area (TPSA) is 102 Å². The number of nitrogens with zero attached hydrogens (tertiary/aromatic N) is 3. The number of carbonyl (C=O) groups excluding carboxylic acids is 2. The second kappa shape index (κ2) is 11.0. The maximum Gasteiger partial charge on any atom is 0.301 e. The van der Waals surface area contributed by atoms with Crippen molar-refractivity contribution >= 4 is 57.3 Å². The summed E-state index contributed by atoms with van der Waals surface area (Å²) in [7, 11) is 0. The first-order valence-corrected chi connectivity index (χ1v) is 14.6. The molecule has 3 aromatic carbocycles. The number of anilines is 1. The highest BCUT2D eigenvalue weighted by atomic mass is 35.5. The molecule has 1 amide bonds. The molecule has 1 fully saturated rings. The number of fused-ring (bicyclic) bond motifs is 1. The monoisotopic (exact) mass is 591 g/mol. The Balaban J connectivity index is 1.39. The van der Waals surface area contributed by atoms with Crippen molar-refractivity contribution in [3.63, 3.8) is 0 Å². The molecule has 0 aliphatic carbocycles. The highest BCUT2D eigenvalue weighted by Crippen LogP contribution is 2.45. The maximum absolute atomic E-state index is 13.5. The Hall–Kier alpha value is -3.86. The number of benzene rings is 3. The summed E-state index contributed by atoms with van der Waals surface area (Å²) in [6.07, 6.45) is 0. The molecule has 1 saturated heterocycles. The van der Waals surface area contributed by atoms with Crippen molar-refractivity contribution in [2.24, 2.45) is 0 Å². The number of thioether (sulfide) groups is 1. The molecule has 2 aliphatic rings. The minimum absolute atomic E-state index is 0.0361. The molecule has 0 saturated carbocycles. The van der Waals surface area contributed by atoms with Crippen molar-refractivity contribution in [2.75, 3.05) is 18.1 Å². The summed E-state index contributed by atoms with van der Waals surface area (Å²) in [6.45, 7) is 2.75. The van der Waals surface area contributed by atoms with E-state index < -0.39 is 17.7 Å². The zero-order chi connectivity index (χ0) is 27.8. The molecule has 4 aromatic rings. The van der Waals surface area contributed by atoms with Crippen LogP contribution < -0.4 is 14.4 Å². The number of aromatic nitrogens is 2. The Labute approximate surface area is 243 Å². The number of carbonyl (C=O) groups is 2. The lowest BCUT2D eigenvalue weighted by Crippen LogP contribution is -2.29. The lowest BCUT2D eigenvalue weighted by Gasteiger charge is -2.23.